The van der Waals surface area contributed by atoms with Gasteiger partial charge >= 0.3 is 11.9 Å². The molecular formula is C22H34N2O4. The lowest BCUT2D eigenvalue weighted by Gasteiger charge is -2.54. The zero-order valence-corrected chi connectivity index (χ0v) is 17.2. The van der Waals surface area contributed by atoms with Crippen molar-refractivity contribution in [3.05, 3.63) is 0 Å². The molecule has 0 spiro atoms. The summed E-state index contributed by atoms with van der Waals surface area (Å²) in [5.74, 6) is 4.10. The first-order valence-corrected chi connectivity index (χ1v) is 11.2. The highest BCUT2D eigenvalue weighted by Crippen LogP contribution is 2.45. The van der Waals surface area contributed by atoms with Crippen LogP contribution in [0, 0.1) is 35.5 Å². The van der Waals surface area contributed by atoms with Crippen LogP contribution >= 0.6 is 0 Å². The fourth-order valence-electron chi connectivity index (χ4n) is 7.50. The van der Waals surface area contributed by atoms with E-state index < -0.39 is 0 Å². The Bertz CT molecular complexity index is 526. The summed E-state index contributed by atoms with van der Waals surface area (Å²) in [5, 5.41) is 0. The number of nitrogens with zero attached hydrogens (tertiary/aromatic N) is 2. The van der Waals surface area contributed by atoms with Crippen molar-refractivity contribution < 1.29 is 19.1 Å². The van der Waals surface area contributed by atoms with Crippen LogP contribution in [-0.2, 0) is 19.1 Å². The summed E-state index contributed by atoms with van der Waals surface area (Å²) in [4.78, 5) is 27.1. The van der Waals surface area contributed by atoms with Crippen molar-refractivity contribution >= 4 is 11.9 Å². The predicted molar refractivity (Wildman–Crippen MR) is 103 cm³/mol. The van der Waals surface area contributed by atoms with E-state index in [0.29, 0.717) is 23.7 Å². The van der Waals surface area contributed by atoms with Crippen LogP contribution in [0.1, 0.15) is 39.5 Å². The first-order chi connectivity index (χ1) is 13.4. The Labute approximate surface area is 167 Å². The van der Waals surface area contributed by atoms with Crippen LogP contribution < -0.4 is 0 Å². The first-order valence-electron chi connectivity index (χ1n) is 11.2. The van der Waals surface area contributed by atoms with Gasteiger partial charge in [-0.15, -0.1) is 0 Å². The quantitative estimate of drug-likeness (QED) is 0.670. The Morgan fingerprint density at radius 3 is 1.18 bits per heavy atom. The van der Waals surface area contributed by atoms with E-state index >= 15 is 0 Å². The summed E-state index contributed by atoms with van der Waals surface area (Å²) >= 11 is 0. The normalized spacial score (nSPS) is 49.4. The summed E-state index contributed by atoms with van der Waals surface area (Å²) in [6.45, 7) is 10.3. The summed E-state index contributed by atoms with van der Waals surface area (Å²) in [6.07, 6.45) is 5.60. The minimum absolute atomic E-state index is 0.0996. The van der Waals surface area contributed by atoms with Crippen LogP contribution in [0.3, 0.4) is 0 Å². The zero-order chi connectivity index (χ0) is 19.4. The molecule has 28 heavy (non-hydrogen) atoms. The minimum atomic E-state index is -0.0996. The van der Waals surface area contributed by atoms with Crippen LogP contribution in [0.2, 0.25) is 0 Å². The molecule has 0 amide bonds. The number of piperidine rings is 6. The Balaban J connectivity index is 0.000000122. The SMILES string of the molecule is CC(=O)OC1C2CC3CC1CN(C3)C2.CC(=O)OC1C2CC3CC1CN(C3)C2. The second-order valence-corrected chi connectivity index (χ2v) is 10.3. The van der Waals surface area contributed by atoms with Crippen LogP contribution in [0.15, 0.2) is 0 Å². The third-order valence-electron chi connectivity index (χ3n) is 8.01. The van der Waals surface area contributed by atoms with Gasteiger partial charge in [-0.25, -0.2) is 0 Å². The van der Waals surface area contributed by atoms with Gasteiger partial charge in [0.25, 0.3) is 0 Å². The molecule has 6 saturated heterocycles. The second kappa shape index (κ2) is 7.28. The molecule has 6 nitrogen and oxygen atoms in total. The zero-order valence-electron chi connectivity index (χ0n) is 17.2. The fourth-order valence-corrected chi connectivity index (χ4v) is 7.50. The summed E-state index contributed by atoms with van der Waals surface area (Å²) in [5.41, 5.74) is 0. The van der Waals surface area contributed by atoms with E-state index in [9.17, 15) is 9.59 Å². The van der Waals surface area contributed by atoms with Gasteiger partial charge in [-0.3, -0.25) is 9.59 Å². The van der Waals surface area contributed by atoms with Crippen molar-refractivity contribution in [1.29, 1.82) is 0 Å². The molecule has 8 bridgehead atoms. The number of ether oxygens (including phenoxy) is 2. The maximum atomic E-state index is 11.0. The number of carbonyl (C=O) groups excluding carboxylic acids is 2. The molecule has 0 radical (unpaired) electrons. The molecule has 6 heterocycles. The average Bonchev–Trinajstić information content (AvgIpc) is 2.60. The van der Waals surface area contributed by atoms with Gasteiger partial charge in [0.1, 0.15) is 12.2 Å². The average molecular weight is 391 g/mol. The van der Waals surface area contributed by atoms with Crippen LogP contribution in [-0.4, -0.2) is 73.2 Å². The van der Waals surface area contributed by atoms with E-state index in [0.717, 1.165) is 38.0 Å². The number of hydrogen-bond acceptors (Lipinski definition) is 6. The molecule has 6 heteroatoms. The molecule has 0 aromatic carbocycles. The summed E-state index contributed by atoms with van der Waals surface area (Å²) in [7, 11) is 0. The van der Waals surface area contributed by atoms with Gasteiger partial charge in [-0.2, -0.15) is 0 Å². The van der Waals surface area contributed by atoms with E-state index in [1.165, 1.54) is 52.6 Å². The molecule has 8 rings (SSSR count). The van der Waals surface area contributed by atoms with Crippen molar-refractivity contribution in [2.75, 3.05) is 39.3 Å². The highest BCUT2D eigenvalue weighted by atomic mass is 16.5. The minimum Gasteiger partial charge on any atom is -0.462 e. The predicted octanol–water partition coefficient (Wildman–Crippen LogP) is 1.78. The number of carbonyl (C=O) groups is 2. The molecule has 2 saturated carbocycles. The second-order valence-electron chi connectivity index (χ2n) is 10.3. The highest BCUT2D eigenvalue weighted by molar-refractivity contribution is 5.66. The third-order valence-corrected chi connectivity index (χ3v) is 8.01. The Morgan fingerprint density at radius 2 is 0.929 bits per heavy atom. The van der Waals surface area contributed by atoms with E-state index in [2.05, 4.69) is 9.80 Å². The first kappa shape index (κ1) is 18.9. The molecule has 4 unspecified atom stereocenters. The molecule has 2 aliphatic carbocycles. The molecule has 8 fully saturated rings. The molecule has 8 aliphatic rings. The maximum Gasteiger partial charge on any atom is 0.302 e. The maximum absolute atomic E-state index is 11.0. The molecule has 0 aromatic heterocycles. The monoisotopic (exact) mass is 390 g/mol. The number of esters is 2. The van der Waals surface area contributed by atoms with Gasteiger partial charge < -0.3 is 19.3 Å². The molecule has 0 aromatic rings. The molecule has 6 aliphatic heterocycles. The Morgan fingerprint density at radius 1 is 0.607 bits per heavy atom. The number of rotatable bonds is 2. The van der Waals surface area contributed by atoms with Gasteiger partial charge in [0.05, 0.1) is 0 Å². The van der Waals surface area contributed by atoms with Crippen molar-refractivity contribution in [2.45, 2.75) is 51.7 Å². The summed E-state index contributed by atoms with van der Waals surface area (Å²) in [6, 6.07) is 0. The van der Waals surface area contributed by atoms with Gasteiger partial charge in [-0.1, -0.05) is 0 Å². The lowest BCUT2D eigenvalue weighted by atomic mass is 9.66. The Hall–Kier alpha value is -1.14. The molecule has 0 N–H and O–H groups in total. The fraction of sp³-hybridized carbons (Fsp3) is 0.909. The van der Waals surface area contributed by atoms with E-state index in [1.54, 1.807) is 0 Å². The van der Waals surface area contributed by atoms with Gasteiger partial charge in [0.2, 0.25) is 0 Å². The molecular weight excluding hydrogens is 356 g/mol. The van der Waals surface area contributed by atoms with E-state index in [-0.39, 0.29) is 24.1 Å². The molecule has 4 atom stereocenters. The smallest absolute Gasteiger partial charge is 0.302 e. The van der Waals surface area contributed by atoms with Crippen LogP contribution in [0.25, 0.3) is 0 Å². The Kier molecular flexibility index (Phi) is 4.90. The van der Waals surface area contributed by atoms with Crippen molar-refractivity contribution in [3.63, 3.8) is 0 Å². The number of hydrogen-bond donors (Lipinski definition) is 0. The largest absolute Gasteiger partial charge is 0.462 e. The highest BCUT2D eigenvalue weighted by Gasteiger charge is 2.50. The van der Waals surface area contributed by atoms with Crippen LogP contribution in [0.5, 0.6) is 0 Å². The van der Waals surface area contributed by atoms with E-state index in [4.69, 9.17) is 9.47 Å². The van der Waals surface area contributed by atoms with E-state index in [1.807, 2.05) is 0 Å². The van der Waals surface area contributed by atoms with Gasteiger partial charge in [-0.05, 0) is 37.5 Å². The third kappa shape index (κ3) is 3.58. The standard InChI is InChI=1S/2C11H17NO2/c2*1-7(13)14-11-9-2-8-3-10(11)6-12(4-8)5-9/h2*8-11H,2-6H2,1H3. The van der Waals surface area contributed by atoms with Crippen molar-refractivity contribution in [2.24, 2.45) is 35.5 Å². The lowest BCUT2D eigenvalue weighted by molar-refractivity contribution is -0.172. The van der Waals surface area contributed by atoms with Gasteiger partial charge in [0, 0.05) is 76.8 Å². The topological polar surface area (TPSA) is 59.1 Å². The lowest BCUT2D eigenvalue weighted by Crippen LogP contribution is -2.60. The summed E-state index contributed by atoms with van der Waals surface area (Å²) < 4.78 is 10.9. The van der Waals surface area contributed by atoms with Crippen molar-refractivity contribution in [1.82, 2.24) is 9.80 Å². The van der Waals surface area contributed by atoms with Gasteiger partial charge in [0.15, 0.2) is 0 Å². The molecule has 156 valence electrons. The van der Waals surface area contributed by atoms with Crippen LogP contribution in [0.4, 0.5) is 0 Å². The van der Waals surface area contributed by atoms with Crippen molar-refractivity contribution in [3.8, 4) is 0 Å².